The van der Waals surface area contributed by atoms with Gasteiger partial charge in [-0.15, -0.1) is 0 Å². The van der Waals surface area contributed by atoms with E-state index < -0.39 is 0 Å². The minimum absolute atomic E-state index is 0.114. The molecule has 7 aliphatic rings. The summed E-state index contributed by atoms with van der Waals surface area (Å²) in [7, 11) is 0. The predicted molar refractivity (Wildman–Crippen MR) is 152 cm³/mol. The van der Waals surface area contributed by atoms with E-state index >= 15 is 0 Å². The van der Waals surface area contributed by atoms with Crippen molar-refractivity contribution in [3.05, 3.63) is 0 Å². The van der Waals surface area contributed by atoms with Crippen molar-refractivity contribution in [1.29, 1.82) is 0 Å². The Morgan fingerprint density at radius 3 is 2.35 bits per heavy atom. The summed E-state index contributed by atoms with van der Waals surface area (Å²) < 4.78 is 7.68. The SMILES string of the molecule is CC(C)CN1C2CCCCC2C(C)(C)C12C=NC1C(CC(N3CCC4CCCCC43)C3CCCCC31)O2. The van der Waals surface area contributed by atoms with Crippen LogP contribution in [-0.4, -0.2) is 65.1 Å². The quantitative estimate of drug-likeness (QED) is 0.413. The first-order chi connectivity index (χ1) is 17.9. The van der Waals surface area contributed by atoms with E-state index in [1.807, 2.05) is 0 Å². The molecule has 4 heteroatoms. The maximum atomic E-state index is 7.68. The number of fused-ring (bicyclic) bond motifs is 5. The smallest absolute Gasteiger partial charge is 0.163 e. The second-order valence-electron chi connectivity index (χ2n) is 15.4. The highest BCUT2D eigenvalue weighted by atomic mass is 16.5. The van der Waals surface area contributed by atoms with Crippen LogP contribution in [0.5, 0.6) is 0 Å². The molecule has 0 N–H and O–H groups in total. The Balaban J connectivity index is 1.23. The highest BCUT2D eigenvalue weighted by Crippen LogP contribution is 2.60. The van der Waals surface area contributed by atoms with Crippen molar-refractivity contribution in [3.8, 4) is 0 Å². The fourth-order valence-electron chi connectivity index (χ4n) is 11.3. The van der Waals surface area contributed by atoms with Gasteiger partial charge in [0.05, 0.1) is 12.1 Å². The highest BCUT2D eigenvalue weighted by Gasteiger charge is 2.67. The lowest BCUT2D eigenvalue weighted by atomic mass is 9.63. The largest absolute Gasteiger partial charge is 0.349 e. The first kappa shape index (κ1) is 25.5. The molecule has 3 heterocycles. The Bertz CT molecular complexity index is 870. The molecule has 6 fully saturated rings. The molecule has 4 aliphatic carbocycles. The van der Waals surface area contributed by atoms with Gasteiger partial charge in [-0.25, -0.2) is 0 Å². The number of ether oxygens (including phenoxy) is 1. The summed E-state index contributed by atoms with van der Waals surface area (Å²) >= 11 is 0. The second kappa shape index (κ2) is 9.58. The summed E-state index contributed by atoms with van der Waals surface area (Å²) in [5, 5.41) is 0. The van der Waals surface area contributed by atoms with Crippen LogP contribution in [0.4, 0.5) is 0 Å². The topological polar surface area (TPSA) is 28.1 Å². The van der Waals surface area contributed by atoms with Crippen LogP contribution in [0.25, 0.3) is 0 Å². The van der Waals surface area contributed by atoms with Gasteiger partial charge in [0, 0.05) is 36.3 Å². The first-order valence-corrected chi connectivity index (χ1v) is 16.7. The molecule has 0 bridgehead atoms. The van der Waals surface area contributed by atoms with E-state index in [1.54, 1.807) is 0 Å². The van der Waals surface area contributed by atoms with Gasteiger partial charge in [-0.1, -0.05) is 66.2 Å². The molecule has 0 aromatic heterocycles. The normalized spacial score (nSPS) is 49.6. The summed E-state index contributed by atoms with van der Waals surface area (Å²) in [5.41, 5.74) is -0.203. The summed E-state index contributed by atoms with van der Waals surface area (Å²) in [6.07, 6.45) is 22.4. The minimum atomic E-state index is -0.317. The lowest BCUT2D eigenvalue weighted by Gasteiger charge is -2.57. The third-order valence-corrected chi connectivity index (χ3v) is 12.9. The number of aliphatic imine (C=N–C) groups is 1. The zero-order valence-corrected chi connectivity index (χ0v) is 24.4. The molecule has 1 spiro atoms. The maximum absolute atomic E-state index is 7.68. The van der Waals surface area contributed by atoms with Gasteiger partial charge >= 0.3 is 0 Å². The monoisotopic (exact) mass is 509 g/mol. The Morgan fingerprint density at radius 1 is 0.838 bits per heavy atom. The van der Waals surface area contributed by atoms with Gasteiger partial charge in [0.1, 0.15) is 0 Å². The number of likely N-dealkylation sites (tertiary alicyclic amines) is 2. The van der Waals surface area contributed by atoms with E-state index in [0.29, 0.717) is 24.1 Å². The van der Waals surface area contributed by atoms with E-state index in [2.05, 4.69) is 43.7 Å². The number of nitrogens with zero attached hydrogens (tertiary/aromatic N) is 3. The molecule has 2 saturated heterocycles. The van der Waals surface area contributed by atoms with Crippen LogP contribution in [-0.2, 0) is 4.74 Å². The molecule has 0 radical (unpaired) electrons. The third-order valence-electron chi connectivity index (χ3n) is 12.9. The van der Waals surface area contributed by atoms with Gasteiger partial charge < -0.3 is 4.74 Å². The highest BCUT2D eigenvalue weighted by molar-refractivity contribution is 5.72. The van der Waals surface area contributed by atoms with Gasteiger partial charge in [-0.05, 0) is 87.5 Å². The number of hydrogen-bond donors (Lipinski definition) is 0. The molecule has 208 valence electrons. The number of rotatable bonds is 3. The van der Waals surface area contributed by atoms with Gasteiger partial charge in [-0.3, -0.25) is 14.8 Å². The van der Waals surface area contributed by atoms with Crippen LogP contribution < -0.4 is 0 Å². The summed E-state index contributed by atoms with van der Waals surface area (Å²) in [5.74, 6) is 3.93. The Hall–Kier alpha value is -0.450. The lowest BCUT2D eigenvalue weighted by molar-refractivity contribution is -0.209. The fourth-order valence-corrected chi connectivity index (χ4v) is 11.3. The predicted octanol–water partition coefficient (Wildman–Crippen LogP) is 6.92. The maximum Gasteiger partial charge on any atom is 0.163 e. The van der Waals surface area contributed by atoms with E-state index in [1.165, 1.54) is 96.4 Å². The van der Waals surface area contributed by atoms with Crippen LogP contribution in [0.1, 0.15) is 118 Å². The van der Waals surface area contributed by atoms with E-state index in [0.717, 1.165) is 42.3 Å². The summed E-state index contributed by atoms with van der Waals surface area (Å²) in [4.78, 5) is 11.5. The minimum Gasteiger partial charge on any atom is -0.349 e. The van der Waals surface area contributed by atoms with Crippen molar-refractivity contribution in [2.24, 2.45) is 40.0 Å². The van der Waals surface area contributed by atoms with Crippen molar-refractivity contribution in [1.82, 2.24) is 9.80 Å². The molecule has 4 saturated carbocycles. The van der Waals surface area contributed by atoms with Crippen LogP contribution >= 0.6 is 0 Å². The third kappa shape index (κ3) is 3.88. The Morgan fingerprint density at radius 2 is 1.54 bits per heavy atom. The molecule has 3 aliphatic heterocycles. The zero-order valence-electron chi connectivity index (χ0n) is 24.4. The van der Waals surface area contributed by atoms with Crippen LogP contribution in [0, 0.1) is 35.0 Å². The van der Waals surface area contributed by atoms with Gasteiger partial charge in [0.2, 0.25) is 0 Å². The van der Waals surface area contributed by atoms with Crippen molar-refractivity contribution >= 4 is 6.21 Å². The molecule has 7 rings (SSSR count). The van der Waals surface area contributed by atoms with Gasteiger partial charge in [0.15, 0.2) is 5.72 Å². The molecule has 0 aromatic carbocycles. The second-order valence-corrected chi connectivity index (χ2v) is 15.4. The molecule has 10 atom stereocenters. The Labute approximate surface area is 227 Å². The van der Waals surface area contributed by atoms with Crippen LogP contribution in [0.15, 0.2) is 4.99 Å². The molecular weight excluding hydrogens is 454 g/mol. The molecule has 37 heavy (non-hydrogen) atoms. The molecular formula is C33H55N3O. The zero-order chi connectivity index (χ0) is 25.4. The first-order valence-electron chi connectivity index (χ1n) is 16.7. The van der Waals surface area contributed by atoms with E-state index in [4.69, 9.17) is 9.73 Å². The summed E-state index contributed by atoms with van der Waals surface area (Å²) in [6, 6.07) is 2.66. The molecule has 0 aromatic rings. The van der Waals surface area contributed by atoms with Crippen molar-refractivity contribution in [3.63, 3.8) is 0 Å². The van der Waals surface area contributed by atoms with E-state index in [-0.39, 0.29) is 11.1 Å². The van der Waals surface area contributed by atoms with Crippen LogP contribution in [0.3, 0.4) is 0 Å². The van der Waals surface area contributed by atoms with Crippen molar-refractivity contribution in [2.45, 2.75) is 154 Å². The Kier molecular flexibility index (Phi) is 6.61. The lowest BCUT2D eigenvalue weighted by Crippen LogP contribution is -2.66. The van der Waals surface area contributed by atoms with Gasteiger partial charge in [-0.2, -0.15) is 0 Å². The fraction of sp³-hybridized carbons (Fsp3) is 0.970. The number of hydrogen-bond acceptors (Lipinski definition) is 4. The van der Waals surface area contributed by atoms with Crippen LogP contribution in [0.2, 0.25) is 0 Å². The summed E-state index contributed by atoms with van der Waals surface area (Å²) in [6.45, 7) is 12.4. The molecule has 4 nitrogen and oxygen atoms in total. The standard InChI is InChI=1S/C33H55N3O/c1-22(2)20-36-28-16-10-8-14-26(28)32(3,4)33(36)21-34-31-25-13-7-6-12-24(25)29(19-30(31)37-33)35-18-17-23-11-5-9-15-27(23)35/h21-31H,5-20H2,1-4H3. The van der Waals surface area contributed by atoms with Crippen molar-refractivity contribution < 1.29 is 4.74 Å². The van der Waals surface area contributed by atoms with Gasteiger partial charge in [0.25, 0.3) is 0 Å². The molecule has 10 unspecified atom stereocenters. The van der Waals surface area contributed by atoms with E-state index in [9.17, 15) is 0 Å². The van der Waals surface area contributed by atoms with Crippen molar-refractivity contribution in [2.75, 3.05) is 13.1 Å². The average Bonchev–Trinajstić information content (AvgIpc) is 3.40. The molecule has 0 amide bonds. The average molecular weight is 510 g/mol.